The third kappa shape index (κ3) is 3.44. The van der Waals surface area contributed by atoms with Crippen molar-refractivity contribution in [1.29, 1.82) is 0 Å². The Hall–Kier alpha value is -1.40. The van der Waals surface area contributed by atoms with E-state index in [-0.39, 0.29) is 5.41 Å². The highest BCUT2D eigenvalue weighted by atomic mass is 16.3. The zero-order chi connectivity index (χ0) is 15.8. The lowest BCUT2D eigenvalue weighted by Gasteiger charge is -2.37. The fourth-order valence-electron chi connectivity index (χ4n) is 2.98. The number of nitrogens with two attached hydrogens (primary N) is 1. The van der Waals surface area contributed by atoms with Crippen LogP contribution in [0.1, 0.15) is 44.9 Å². The third-order valence-electron chi connectivity index (χ3n) is 4.02. The monoisotopic (exact) mass is 294 g/mol. The van der Waals surface area contributed by atoms with Gasteiger partial charge in [-0.15, -0.1) is 0 Å². The Kier molecular flexibility index (Phi) is 4.13. The Morgan fingerprint density at radius 2 is 2.19 bits per heavy atom. The highest BCUT2D eigenvalue weighted by molar-refractivity contribution is 5.83. The van der Waals surface area contributed by atoms with Crippen LogP contribution in [-0.4, -0.2) is 44.4 Å². The standard InChI is InChI=1S/C15H26N4O2/c1-14(2,3)12-11(8-18(4)17-12)9-19-7-5-6-15(21,10-19)13(16)20/h8,21H,5-7,9-10H2,1-4H3,(H2,16,20). The second kappa shape index (κ2) is 5.42. The van der Waals surface area contributed by atoms with E-state index in [0.717, 1.165) is 24.2 Å². The molecule has 0 radical (unpaired) electrons. The van der Waals surface area contributed by atoms with Crippen LogP contribution in [0.25, 0.3) is 0 Å². The lowest BCUT2D eigenvalue weighted by Crippen LogP contribution is -2.55. The maximum absolute atomic E-state index is 11.4. The minimum atomic E-state index is -1.40. The fourth-order valence-corrected chi connectivity index (χ4v) is 2.98. The molecule has 21 heavy (non-hydrogen) atoms. The molecule has 0 saturated carbocycles. The maximum Gasteiger partial charge on any atom is 0.250 e. The molecule has 1 fully saturated rings. The number of likely N-dealkylation sites (tertiary alicyclic amines) is 1. The minimum Gasteiger partial charge on any atom is -0.379 e. The lowest BCUT2D eigenvalue weighted by molar-refractivity contribution is -0.142. The van der Waals surface area contributed by atoms with Gasteiger partial charge in [0.1, 0.15) is 0 Å². The molecular weight excluding hydrogens is 268 g/mol. The summed E-state index contributed by atoms with van der Waals surface area (Å²) in [4.78, 5) is 13.5. The lowest BCUT2D eigenvalue weighted by atomic mass is 9.88. The predicted molar refractivity (Wildman–Crippen MR) is 80.6 cm³/mol. The van der Waals surface area contributed by atoms with Crippen molar-refractivity contribution in [2.75, 3.05) is 13.1 Å². The smallest absolute Gasteiger partial charge is 0.250 e. The number of primary amides is 1. The molecule has 1 aliphatic rings. The molecule has 1 aliphatic heterocycles. The molecule has 2 rings (SSSR count). The van der Waals surface area contributed by atoms with Gasteiger partial charge in [0.05, 0.1) is 5.69 Å². The van der Waals surface area contributed by atoms with Crippen molar-refractivity contribution >= 4 is 5.91 Å². The quantitative estimate of drug-likeness (QED) is 0.851. The minimum absolute atomic E-state index is 0.0353. The number of carbonyl (C=O) groups is 1. The van der Waals surface area contributed by atoms with Gasteiger partial charge in [-0.25, -0.2) is 0 Å². The van der Waals surface area contributed by atoms with E-state index in [1.165, 1.54) is 0 Å². The molecule has 0 spiro atoms. The van der Waals surface area contributed by atoms with Crippen molar-refractivity contribution < 1.29 is 9.90 Å². The molecular formula is C15H26N4O2. The normalized spacial score (nSPS) is 24.2. The van der Waals surface area contributed by atoms with Crippen molar-refractivity contribution in [3.63, 3.8) is 0 Å². The number of nitrogens with zero attached hydrogens (tertiary/aromatic N) is 3. The maximum atomic E-state index is 11.4. The van der Waals surface area contributed by atoms with E-state index in [2.05, 4.69) is 30.8 Å². The summed E-state index contributed by atoms with van der Waals surface area (Å²) in [5.74, 6) is -0.630. The largest absolute Gasteiger partial charge is 0.379 e. The number of piperidine rings is 1. The van der Waals surface area contributed by atoms with Crippen LogP contribution in [0.5, 0.6) is 0 Å². The van der Waals surface area contributed by atoms with Crippen molar-refractivity contribution in [3.8, 4) is 0 Å². The van der Waals surface area contributed by atoms with Crippen molar-refractivity contribution in [1.82, 2.24) is 14.7 Å². The van der Waals surface area contributed by atoms with Crippen LogP contribution in [-0.2, 0) is 23.8 Å². The Bertz CT molecular complexity index is 532. The molecule has 6 heteroatoms. The van der Waals surface area contributed by atoms with Crippen LogP contribution in [0.15, 0.2) is 6.20 Å². The molecule has 1 atom stereocenters. The van der Waals surface area contributed by atoms with Gasteiger partial charge in [0.15, 0.2) is 5.60 Å². The molecule has 1 amide bonds. The summed E-state index contributed by atoms with van der Waals surface area (Å²) in [6, 6.07) is 0. The molecule has 0 aliphatic carbocycles. The summed E-state index contributed by atoms with van der Waals surface area (Å²) >= 11 is 0. The van der Waals surface area contributed by atoms with Crippen LogP contribution in [0.2, 0.25) is 0 Å². The van der Waals surface area contributed by atoms with Crippen molar-refractivity contribution in [2.24, 2.45) is 12.8 Å². The molecule has 118 valence electrons. The van der Waals surface area contributed by atoms with E-state index in [1.54, 1.807) is 0 Å². The van der Waals surface area contributed by atoms with Gasteiger partial charge in [-0.05, 0) is 19.4 Å². The van der Waals surface area contributed by atoms with Crippen molar-refractivity contribution in [3.05, 3.63) is 17.5 Å². The van der Waals surface area contributed by atoms with Crippen LogP contribution in [0.4, 0.5) is 0 Å². The molecule has 1 saturated heterocycles. The van der Waals surface area contributed by atoms with Gasteiger partial charge in [-0.3, -0.25) is 14.4 Å². The van der Waals surface area contributed by atoms with Crippen LogP contribution in [0.3, 0.4) is 0 Å². The average molecular weight is 294 g/mol. The first-order valence-corrected chi connectivity index (χ1v) is 7.39. The molecule has 1 aromatic heterocycles. The van der Waals surface area contributed by atoms with Gasteiger partial charge in [0.25, 0.3) is 5.91 Å². The number of hydrogen-bond acceptors (Lipinski definition) is 4. The first-order chi connectivity index (χ1) is 9.62. The fraction of sp³-hybridized carbons (Fsp3) is 0.733. The van der Waals surface area contributed by atoms with E-state index in [4.69, 9.17) is 5.73 Å². The summed E-state index contributed by atoms with van der Waals surface area (Å²) in [6.45, 7) is 8.23. The van der Waals surface area contributed by atoms with E-state index in [0.29, 0.717) is 19.5 Å². The number of aromatic nitrogens is 2. The summed E-state index contributed by atoms with van der Waals surface area (Å²) in [5.41, 5.74) is 6.08. The summed E-state index contributed by atoms with van der Waals surface area (Å²) in [5, 5.41) is 14.8. The Labute approximate surface area is 125 Å². The molecule has 1 unspecified atom stereocenters. The number of aryl methyl sites for hydroxylation is 1. The Balaban J connectivity index is 2.17. The molecule has 6 nitrogen and oxygen atoms in total. The third-order valence-corrected chi connectivity index (χ3v) is 4.02. The first-order valence-electron chi connectivity index (χ1n) is 7.39. The first kappa shape index (κ1) is 16.0. The number of β-amino-alcohol motifs (C(OH)–C–C–N with tert-alkyl or cyclic N) is 1. The molecule has 0 bridgehead atoms. The molecule has 3 N–H and O–H groups in total. The molecule has 2 heterocycles. The number of aliphatic hydroxyl groups is 1. The van der Waals surface area contributed by atoms with Crippen LogP contribution < -0.4 is 5.73 Å². The molecule has 0 aromatic carbocycles. The van der Waals surface area contributed by atoms with E-state index in [1.807, 2.05) is 17.9 Å². The number of carbonyl (C=O) groups excluding carboxylic acids is 1. The second-order valence-electron chi connectivity index (χ2n) is 7.14. The van der Waals surface area contributed by atoms with Crippen LogP contribution in [0, 0.1) is 0 Å². The number of amides is 1. The highest BCUT2D eigenvalue weighted by Gasteiger charge is 2.39. The predicted octanol–water partition coefficient (Wildman–Crippen LogP) is 0.530. The topological polar surface area (TPSA) is 84.4 Å². The van der Waals surface area contributed by atoms with Gasteiger partial charge in [0.2, 0.25) is 0 Å². The van der Waals surface area contributed by atoms with Crippen molar-refractivity contribution in [2.45, 2.75) is 51.2 Å². The molecule has 1 aromatic rings. The van der Waals surface area contributed by atoms with Gasteiger partial charge in [-0.1, -0.05) is 20.8 Å². The summed E-state index contributed by atoms with van der Waals surface area (Å²) in [6.07, 6.45) is 3.22. The van der Waals surface area contributed by atoms with E-state index < -0.39 is 11.5 Å². The van der Waals surface area contributed by atoms with Crippen LogP contribution >= 0.6 is 0 Å². The Morgan fingerprint density at radius 3 is 2.76 bits per heavy atom. The number of hydrogen-bond donors (Lipinski definition) is 2. The zero-order valence-electron chi connectivity index (χ0n) is 13.4. The SMILES string of the molecule is Cn1cc(CN2CCCC(O)(C(N)=O)C2)c(C(C)(C)C)n1. The summed E-state index contributed by atoms with van der Waals surface area (Å²) in [7, 11) is 1.91. The highest BCUT2D eigenvalue weighted by Crippen LogP contribution is 2.27. The zero-order valence-corrected chi connectivity index (χ0v) is 13.4. The summed E-state index contributed by atoms with van der Waals surface area (Å²) < 4.78 is 1.82. The van der Waals surface area contributed by atoms with Gasteiger partial charge < -0.3 is 10.8 Å². The Morgan fingerprint density at radius 1 is 1.52 bits per heavy atom. The van der Waals surface area contributed by atoms with Gasteiger partial charge in [0, 0.05) is 37.3 Å². The average Bonchev–Trinajstić information content (AvgIpc) is 2.70. The van der Waals surface area contributed by atoms with E-state index in [9.17, 15) is 9.90 Å². The van der Waals surface area contributed by atoms with Gasteiger partial charge >= 0.3 is 0 Å². The van der Waals surface area contributed by atoms with E-state index >= 15 is 0 Å². The number of rotatable bonds is 3. The second-order valence-corrected chi connectivity index (χ2v) is 7.14. The van der Waals surface area contributed by atoms with Gasteiger partial charge in [-0.2, -0.15) is 5.10 Å².